The number of benzene rings is 1. The van der Waals surface area contributed by atoms with Crippen LogP contribution in [0.2, 0.25) is 0 Å². The molecule has 0 saturated carbocycles. The number of hydrogen-bond donors (Lipinski definition) is 3. The van der Waals surface area contributed by atoms with Gasteiger partial charge in [0.15, 0.2) is 0 Å². The molecule has 27 heavy (non-hydrogen) atoms. The summed E-state index contributed by atoms with van der Waals surface area (Å²) in [7, 11) is 0. The van der Waals surface area contributed by atoms with E-state index in [1.54, 1.807) is 12.4 Å². The van der Waals surface area contributed by atoms with E-state index in [2.05, 4.69) is 26.6 Å². The van der Waals surface area contributed by atoms with Crippen molar-refractivity contribution in [3.8, 4) is 0 Å². The molecule has 5 rings (SSSR count). The molecule has 8 heteroatoms. The van der Waals surface area contributed by atoms with E-state index in [4.69, 9.17) is 10.5 Å². The third-order valence-corrected chi connectivity index (χ3v) is 5.33. The zero-order valence-electron chi connectivity index (χ0n) is 14.7. The Morgan fingerprint density at radius 1 is 1.22 bits per heavy atom. The van der Waals surface area contributed by atoms with Crippen molar-refractivity contribution in [2.45, 2.75) is 5.92 Å². The van der Waals surface area contributed by atoms with Gasteiger partial charge in [0.2, 0.25) is 0 Å². The lowest BCUT2D eigenvalue weighted by molar-refractivity contribution is 0.0304. The minimum absolute atomic E-state index is 0.00909. The van der Waals surface area contributed by atoms with E-state index in [1.807, 2.05) is 17.0 Å². The molecule has 1 unspecified atom stereocenters. The van der Waals surface area contributed by atoms with Gasteiger partial charge in [0.25, 0.3) is 5.91 Å². The summed E-state index contributed by atoms with van der Waals surface area (Å²) in [5, 5.41) is 11.4. The largest absolute Gasteiger partial charge is 0.384 e. The lowest BCUT2D eigenvalue weighted by atomic mass is 9.91. The number of H-pyrrole nitrogens is 1. The van der Waals surface area contributed by atoms with Crippen LogP contribution >= 0.6 is 0 Å². The highest BCUT2D eigenvalue weighted by molar-refractivity contribution is 6.06. The molecule has 138 valence electrons. The second-order valence-electron chi connectivity index (χ2n) is 6.94. The molecule has 2 aliphatic rings. The molecule has 0 spiro atoms. The third-order valence-electron chi connectivity index (χ3n) is 5.33. The van der Waals surface area contributed by atoms with Crippen molar-refractivity contribution in [2.75, 3.05) is 43.9 Å². The highest BCUT2D eigenvalue weighted by Crippen LogP contribution is 2.38. The van der Waals surface area contributed by atoms with Gasteiger partial charge >= 0.3 is 0 Å². The summed E-state index contributed by atoms with van der Waals surface area (Å²) in [4.78, 5) is 19.1. The van der Waals surface area contributed by atoms with Crippen LogP contribution in [0.3, 0.4) is 0 Å². The monoisotopic (exact) mass is 364 g/mol. The highest BCUT2D eigenvalue weighted by Gasteiger charge is 2.28. The fourth-order valence-corrected chi connectivity index (χ4v) is 3.93. The molecular formula is C19H20N6O2. The molecule has 4 N–H and O–H groups in total. The Morgan fingerprint density at radius 2 is 2.07 bits per heavy atom. The number of ether oxygens (including phenoxy) is 1. The van der Waals surface area contributed by atoms with Crippen molar-refractivity contribution in [3.63, 3.8) is 0 Å². The maximum Gasteiger partial charge on any atom is 0.256 e. The van der Waals surface area contributed by atoms with Crippen molar-refractivity contribution >= 4 is 28.3 Å². The number of carbonyl (C=O) groups is 1. The number of aromatic nitrogens is 3. The molecule has 0 bridgehead atoms. The zero-order chi connectivity index (χ0) is 18.4. The number of carbonyl (C=O) groups excluding carboxylic acids is 1. The number of amides is 1. The number of anilines is 2. The van der Waals surface area contributed by atoms with E-state index in [-0.39, 0.29) is 11.8 Å². The second kappa shape index (κ2) is 6.24. The van der Waals surface area contributed by atoms with E-state index in [0.717, 1.165) is 34.3 Å². The first-order valence-corrected chi connectivity index (χ1v) is 9.04. The number of pyridine rings is 1. The first-order valence-electron chi connectivity index (χ1n) is 9.04. The quantitative estimate of drug-likeness (QED) is 0.637. The molecule has 2 aliphatic heterocycles. The zero-order valence-corrected chi connectivity index (χ0v) is 14.7. The van der Waals surface area contributed by atoms with Crippen LogP contribution in [0.1, 0.15) is 27.4 Å². The molecule has 0 radical (unpaired) electrons. The Balaban J connectivity index is 1.59. The van der Waals surface area contributed by atoms with Gasteiger partial charge in [-0.25, -0.2) is 4.98 Å². The number of nitrogens with two attached hydrogens (primary N) is 1. The lowest BCUT2D eigenvalue weighted by Crippen LogP contribution is -2.40. The average molecular weight is 364 g/mol. The second-order valence-corrected chi connectivity index (χ2v) is 6.94. The number of morpholine rings is 1. The van der Waals surface area contributed by atoms with Crippen molar-refractivity contribution in [1.82, 2.24) is 20.1 Å². The maximum absolute atomic E-state index is 13.2. The fourth-order valence-electron chi connectivity index (χ4n) is 3.93. The van der Waals surface area contributed by atoms with Crippen molar-refractivity contribution in [2.24, 2.45) is 0 Å². The molecule has 1 atom stereocenters. The number of nitrogen functional groups attached to an aromatic ring is 1. The van der Waals surface area contributed by atoms with Crippen molar-refractivity contribution in [3.05, 3.63) is 47.3 Å². The molecule has 3 aromatic rings. The van der Waals surface area contributed by atoms with Crippen LogP contribution in [-0.2, 0) is 4.74 Å². The molecule has 8 nitrogen and oxygen atoms in total. The van der Waals surface area contributed by atoms with Gasteiger partial charge in [-0.2, -0.15) is 5.10 Å². The van der Waals surface area contributed by atoms with Gasteiger partial charge < -0.3 is 20.7 Å². The first-order chi connectivity index (χ1) is 13.2. The van der Waals surface area contributed by atoms with Crippen LogP contribution in [0.25, 0.3) is 10.9 Å². The number of nitrogens with zero attached hydrogens (tertiary/aromatic N) is 3. The molecule has 4 heterocycles. The topological polar surface area (TPSA) is 109 Å². The third kappa shape index (κ3) is 2.69. The van der Waals surface area contributed by atoms with E-state index in [0.29, 0.717) is 37.7 Å². The number of fused-ring (bicyclic) bond motifs is 2. The van der Waals surface area contributed by atoms with Gasteiger partial charge in [-0.3, -0.25) is 9.89 Å². The Hall–Kier alpha value is -3.13. The normalized spacial score (nSPS) is 19.1. The van der Waals surface area contributed by atoms with Gasteiger partial charge in [0, 0.05) is 30.9 Å². The van der Waals surface area contributed by atoms with E-state index >= 15 is 0 Å². The Bertz CT molecular complexity index is 1020. The van der Waals surface area contributed by atoms with Crippen LogP contribution in [0.5, 0.6) is 0 Å². The Morgan fingerprint density at radius 3 is 2.93 bits per heavy atom. The smallest absolute Gasteiger partial charge is 0.256 e. The van der Waals surface area contributed by atoms with E-state index < -0.39 is 0 Å². The van der Waals surface area contributed by atoms with Crippen LogP contribution in [0.15, 0.2) is 30.6 Å². The summed E-state index contributed by atoms with van der Waals surface area (Å²) < 4.78 is 5.37. The maximum atomic E-state index is 13.2. The summed E-state index contributed by atoms with van der Waals surface area (Å²) in [5.41, 5.74) is 10.5. The standard InChI is InChI=1S/C19H20N6O2/c20-17-7-13-15(9-21-16(13)10-22-17)11-5-12-8-23-24-18(12)14(6-11)19(26)25-1-3-27-4-2-25/h5-8,10,15,21H,1-4,9H2,(H2,20,22)(H,23,24). The summed E-state index contributed by atoms with van der Waals surface area (Å²) >= 11 is 0. The van der Waals surface area contributed by atoms with E-state index in [1.165, 1.54) is 0 Å². The van der Waals surface area contributed by atoms with Gasteiger partial charge in [-0.1, -0.05) is 0 Å². The van der Waals surface area contributed by atoms with Crippen molar-refractivity contribution in [1.29, 1.82) is 0 Å². The minimum atomic E-state index is 0.00909. The molecule has 2 aromatic heterocycles. The van der Waals surface area contributed by atoms with Crippen LogP contribution in [0, 0.1) is 0 Å². The van der Waals surface area contributed by atoms with Gasteiger partial charge in [0.05, 0.1) is 42.4 Å². The van der Waals surface area contributed by atoms with Crippen molar-refractivity contribution < 1.29 is 9.53 Å². The Kier molecular flexibility index (Phi) is 3.71. The summed E-state index contributed by atoms with van der Waals surface area (Å²) in [6.07, 6.45) is 3.53. The summed E-state index contributed by atoms with van der Waals surface area (Å²) in [6.45, 7) is 3.10. The predicted octanol–water partition coefficient (Wildman–Crippen LogP) is 1.57. The predicted molar refractivity (Wildman–Crippen MR) is 102 cm³/mol. The van der Waals surface area contributed by atoms with Crippen LogP contribution in [0.4, 0.5) is 11.5 Å². The number of rotatable bonds is 2. The highest BCUT2D eigenvalue weighted by atomic mass is 16.5. The molecule has 1 saturated heterocycles. The van der Waals surface area contributed by atoms with Gasteiger partial charge in [0.1, 0.15) is 5.82 Å². The average Bonchev–Trinajstić information content (AvgIpc) is 3.33. The number of nitrogens with one attached hydrogen (secondary N) is 2. The van der Waals surface area contributed by atoms with E-state index in [9.17, 15) is 4.79 Å². The molecular weight excluding hydrogens is 344 g/mol. The molecule has 1 amide bonds. The fraction of sp³-hybridized carbons (Fsp3) is 0.316. The molecule has 1 aromatic carbocycles. The summed E-state index contributed by atoms with van der Waals surface area (Å²) in [5.74, 6) is 0.618. The number of aromatic amines is 1. The molecule has 1 fully saturated rings. The van der Waals surface area contributed by atoms with Gasteiger partial charge in [-0.15, -0.1) is 0 Å². The number of hydrogen-bond acceptors (Lipinski definition) is 6. The lowest BCUT2D eigenvalue weighted by Gasteiger charge is -2.27. The summed E-state index contributed by atoms with van der Waals surface area (Å²) in [6, 6.07) is 5.98. The molecule has 0 aliphatic carbocycles. The Labute approximate surface area is 155 Å². The first kappa shape index (κ1) is 16.1. The minimum Gasteiger partial charge on any atom is -0.384 e. The van der Waals surface area contributed by atoms with Crippen LogP contribution < -0.4 is 11.1 Å². The van der Waals surface area contributed by atoms with Gasteiger partial charge in [-0.05, 0) is 29.3 Å². The van der Waals surface area contributed by atoms with Crippen LogP contribution in [-0.4, -0.2) is 58.8 Å². The SMILES string of the molecule is Nc1cc2c(cn1)NCC2c1cc(C(=O)N2CCOCC2)c2[nH]ncc2c1.